The van der Waals surface area contributed by atoms with Gasteiger partial charge in [0.2, 0.25) is 0 Å². The molecule has 138 valence electrons. The third kappa shape index (κ3) is 7.27. The minimum Gasteiger partial charge on any atom is -0.376 e. The Morgan fingerprint density at radius 2 is 1.00 bits per heavy atom. The number of rotatable bonds is 1. The van der Waals surface area contributed by atoms with E-state index in [1.54, 1.807) is 0 Å². The van der Waals surface area contributed by atoms with Crippen LogP contribution in [0.4, 0.5) is 0 Å². The van der Waals surface area contributed by atoms with Gasteiger partial charge in [-0.1, -0.05) is 24.3 Å². The van der Waals surface area contributed by atoms with Gasteiger partial charge >= 0.3 is 0 Å². The van der Waals surface area contributed by atoms with Crippen molar-refractivity contribution in [3.63, 3.8) is 0 Å². The summed E-state index contributed by atoms with van der Waals surface area (Å²) in [5, 5.41) is 0. The fourth-order valence-corrected chi connectivity index (χ4v) is 2.51. The third-order valence-electron chi connectivity index (χ3n) is 4.41. The number of allylic oxidation sites excluding steroid dienone is 4. The molecule has 0 N–H and O–H groups in total. The zero-order valence-electron chi connectivity index (χ0n) is 16.6. The monoisotopic (exact) mass is 428 g/mol. The van der Waals surface area contributed by atoms with Crippen molar-refractivity contribution in [1.82, 2.24) is 0 Å². The smallest absolute Gasteiger partial charge is 0 e. The van der Waals surface area contributed by atoms with Crippen LogP contribution in [0.15, 0.2) is 96.1 Å². The number of hydrogen-bond acceptors (Lipinski definition) is 0. The van der Waals surface area contributed by atoms with Gasteiger partial charge in [0.25, 0.3) is 0 Å². The molecule has 0 atom stereocenters. The fourth-order valence-electron chi connectivity index (χ4n) is 2.51. The predicted octanol–water partition coefficient (Wildman–Crippen LogP) is 7.54. The van der Waals surface area contributed by atoms with Crippen molar-refractivity contribution >= 4 is 0 Å². The van der Waals surface area contributed by atoms with Crippen molar-refractivity contribution in [2.75, 3.05) is 0 Å². The Bertz CT molecular complexity index is 758. The summed E-state index contributed by atoms with van der Waals surface area (Å²) in [5.41, 5.74) is 7.70. The van der Waals surface area contributed by atoms with Gasteiger partial charge in [0, 0.05) is 26.2 Å². The zero-order chi connectivity index (χ0) is 18.8. The van der Waals surface area contributed by atoms with E-state index in [2.05, 4.69) is 97.1 Å². The van der Waals surface area contributed by atoms with Gasteiger partial charge in [0.1, 0.15) is 0 Å². The molecule has 0 spiro atoms. The second kappa shape index (κ2) is 12.4. The summed E-state index contributed by atoms with van der Waals surface area (Å²) in [6.07, 6.45) is 6.07. The minimum atomic E-state index is 0. The van der Waals surface area contributed by atoms with Gasteiger partial charge < -0.3 is 23.3 Å². The molecule has 27 heavy (non-hydrogen) atoms. The largest absolute Gasteiger partial charge is 0.376 e. The maximum Gasteiger partial charge on any atom is 0 e. The van der Waals surface area contributed by atoms with Crippen LogP contribution in [0.2, 0.25) is 0 Å². The van der Waals surface area contributed by atoms with Gasteiger partial charge in [-0.2, -0.15) is 48.5 Å². The molecule has 0 amide bonds. The van der Waals surface area contributed by atoms with Crippen LogP contribution < -0.4 is 0 Å². The molecule has 0 saturated heterocycles. The summed E-state index contributed by atoms with van der Waals surface area (Å²) in [6, 6.07) is 29.3. The first-order valence-corrected chi connectivity index (χ1v) is 8.89. The van der Waals surface area contributed by atoms with Crippen LogP contribution in [0.3, 0.4) is 0 Å². The Labute approximate surface area is 183 Å². The van der Waals surface area contributed by atoms with Crippen molar-refractivity contribution < 1.29 is 26.2 Å². The van der Waals surface area contributed by atoms with Gasteiger partial charge in [-0.25, -0.2) is 0 Å². The minimum absolute atomic E-state index is 0. The number of fused-ring (bicyclic) bond motifs is 2. The summed E-state index contributed by atoms with van der Waals surface area (Å²) >= 11 is 0. The molecule has 0 aromatic heterocycles. The molecular weight excluding hydrogens is 404 g/mol. The summed E-state index contributed by atoms with van der Waals surface area (Å²) in [4.78, 5) is 0. The first-order valence-electron chi connectivity index (χ1n) is 8.89. The maximum absolute atomic E-state index is 3.03. The topological polar surface area (TPSA) is 0 Å². The first kappa shape index (κ1) is 23.1. The summed E-state index contributed by atoms with van der Waals surface area (Å²) in [7, 11) is 0. The van der Waals surface area contributed by atoms with Crippen molar-refractivity contribution in [3.8, 4) is 22.3 Å². The molecule has 0 aromatic carbocycles. The van der Waals surface area contributed by atoms with Crippen molar-refractivity contribution in [2.24, 2.45) is 0 Å². The van der Waals surface area contributed by atoms with Crippen LogP contribution in [0, 0.1) is 12.2 Å². The van der Waals surface area contributed by atoms with E-state index in [1.807, 2.05) is 27.7 Å². The Balaban J connectivity index is 0.000000200. The molecule has 0 heterocycles. The summed E-state index contributed by atoms with van der Waals surface area (Å²) in [6.45, 7) is 7.89. The fraction of sp³-hybridized carbons (Fsp3) is 0.154. The molecule has 4 rings (SSSR count). The standard InChI is InChI=1S/2C9H7.C8H12.Zr/c2*1-2-5-9-7-3-6-8(9)4-1;1-5-7(3)8(4)6-2;/h2*1-7H;1-4H3;/q2*-1;-2;. The van der Waals surface area contributed by atoms with Crippen LogP contribution in [0.5, 0.6) is 0 Å². The van der Waals surface area contributed by atoms with Crippen molar-refractivity contribution in [3.05, 3.63) is 108 Å². The predicted molar refractivity (Wildman–Crippen MR) is 114 cm³/mol. The van der Waals surface area contributed by atoms with Crippen molar-refractivity contribution in [1.29, 1.82) is 0 Å². The molecule has 0 bridgehead atoms. The third-order valence-corrected chi connectivity index (χ3v) is 4.41. The second-order valence-corrected chi connectivity index (χ2v) is 6.06. The average molecular weight is 430 g/mol. The molecule has 0 fully saturated rings. The Kier molecular flexibility index (Phi) is 10.6. The molecule has 0 radical (unpaired) electrons. The molecule has 0 aliphatic heterocycles. The van der Waals surface area contributed by atoms with Gasteiger partial charge in [0.05, 0.1) is 0 Å². The normalized spacial score (nSPS) is 11.1. The van der Waals surface area contributed by atoms with E-state index in [9.17, 15) is 0 Å². The zero-order valence-corrected chi connectivity index (χ0v) is 19.0. The average Bonchev–Trinajstić information content (AvgIpc) is 3.36. The molecule has 0 aromatic rings. The molecule has 0 saturated carbocycles. The van der Waals surface area contributed by atoms with Gasteiger partial charge in [-0.05, 0) is 0 Å². The van der Waals surface area contributed by atoms with Gasteiger partial charge in [-0.3, -0.25) is 0 Å². The number of benzene rings is 2. The first-order chi connectivity index (χ1) is 12.7. The quantitative estimate of drug-likeness (QED) is 0.216. The number of hydrogen-bond donors (Lipinski definition) is 0. The van der Waals surface area contributed by atoms with E-state index >= 15 is 0 Å². The van der Waals surface area contributed by atoms with E-state index in [0.717, 1.165) is 0 Å². The van der Waals surface area contributed by atoms with E-state index in [4.69, 9.17) is 0 Å². The molecule has 4 aliphatic rings. The summed E-state index contributed by atoms with van der Waals surface area (Å²) < 4.78 is 0. The van der Waals surface area contributed by atoms with E-state index in [1.165, 1.54) is 33.4 Å². The van der Waals surface area contributed by atoms with E-state index in [-0.39, 0.29) is 26.2 Å². The van der Waals surface area contributed by atoms with Crippen LogP contribution in [-0.4, -0.2) is 0 Å². The second-order valence-electron chi connectivity index (χ2n) is 6.06. The van der Waals surface area contributed by atoms with Gasteiger partial charge in [-0.15, -0.1) is 62.1 Å². The molecule has 0 nitrogen and oxygen atoms in total. The Morgan fingerprint density at radius 1 is 0.630 bits per heavy atom. The maximum atomic E-state index is 3.03. The van der Waals surface area contributed by atoms with Crippen LogP contribution >= 0.6 is 0 Å². The van der Waals surface area contributed by atoms with Crippen molar-refractivity contribution in [2.45, 2.75) is 27.7 Å². The SMILES string of the molecule is C[C-]=C(C)C(C)=[C-]C.[Zr].c1cc2cc[cH-]cc-2c1.c1cc2cc[cH-]cc-2c1. The van der Waals surface area contributed by atoms with Gasteiger partial charge in [0.15, 0.2) is 0 Å². The molecule has 4 aliphatic carbocycles. The van der Waals surface area contributed by atoms with E-state index < -0.39 is 0 Å². The van der Waals surface area contributed by atoms with Crippen LogP contribution in [0.25, 0.3) is 22.3 Å². The molecular formula is C26H26Zr-4. The van der Waals surface area contributed by atoms with Crippen LogP contribution in [-0.2, 0) is 26.2 Å². The molecule has 0 unspecified atom stereocenters. The summed E-state index contributed by atoms with van der Waals surface area (Å²) in [5.74, 6) is 0. The van der Waals surface area contributed by atoms with E-state index in [0.29, 0.717) is 0 Å². The Morgan fingerprint density at radius 3 is 1.33 bits per heavy atom. The molecule has 1 heteroatoms. The van der Waals surface area contributed by atoms with Crippen LogP contribution in [0.1, 0.15) is 27.7 Å². The Hall–Kier alpha value is -1.98.